The minimum absolute atomic E-state index is 0.671. The largest absolute Gasteiger partial charge is 0.347 e. The highest BCUT2D eigenvalue weighted by Gasteiger charge is 2.11. The Morgan fingerprint density at radius 3 is 2.40 bits per heavy atom. The molecule has 4 heteroatoms. The van der Waals surface area contributed by atoms with E-state index >= 15 is 0 Å². The lowest BCUT2D eigenvalue weighted by atomic mass is 10.1. The summed E-state index contributed by atoms with van der Waals surface area (Å²) >= 11 is 12.1. The molecular weight excluding hydrogens is 231 g/mol. The van der Waals surface area contributed by atoms with Crippen LogP contribution in [0.25, 0.3) is 0 Å². The highest BCUT2D eigenvalue weighted by molar-refractivity contribution is 6.36. The molecule has 1 aromatic carbocycles. The van der Waals surface area contributed by atoms with E-state index < -0.39 is 0 Å². The summed E-state index contributed by atoms with van der Waals surface area (Å²) in [6.45, 7) is 3.75. The van der Waals surface area contributed by atoms with Crippen LogP contribution in [-0.2, 0) is 6.42 Å². The van der Waals surface area contributed by atoms with E-state index in [0.717, 1.165) is 17.1 Å². The third-order valence-corrected chi connectivity index (χ3v) is 2.87. The molecule has 0 atom stereocenters. The molecule has 0 radical (unpaired) electrons. The van der Waals surface area contributed by atoms with E-state index in [-0.39, 0.29) is 0 Å². The highest BCUT2D eigenvalue weighted by Crippen LogP contribution is 2.26. The predicted molar refractivity (Wildman–Crippen MR) is 63.7 cm³/mol. The van der Waals surface area contributed by atoms with Crippen molar-refractivity contribution in [1.82, 2.24) is 10.6 Å². The van der Waals surface area contributed by atoms with Gasteiger partial charge in [-0.3, -0.25) is 0 Å². The first-order valence-electron chi connectivity index (χ1n) is 4.51. The zero-order chi connectivity index (χ0) is 10.8. The molecule has 2 rings (SSSR count). The third kappa shape index (κ3) is 2.28. The Balaban J connectivity index is 2.21. The van der Waals surface area contributed by atoms with Gasteiger partial charge in [-0.1, -0.05) is 35.8 Å². The zero-order valence-corrected chi connectivity index (χ0v) is 9.49. The van der Waals surface area contributed by atoms with Crippen molar-refractivity contribution in [2.45, 2.75) is 6.42 Å². The maximum absolute atomic E-state index is 6.06. The molecule has 15 heavy (non-hydrogen) atoms. The van der Waals surface area contributed by atoms with Crippen LogP contribution in [0.15, 0.2) is 42.5 Å². The maximum atomic E-state index is 6.06. The fourth-order valence-corrected chi connectivity index (χ4v) is 1.96. The second-order valence-corrected chi connectivity index (χ2v) is 4.11. The smallest absolute Gasteiger partial charge is 0.0995 e. The van der Waals surface area contributed by atoms with Crippen LogP contribution in [0.2, 0.25) is 10.0 Å². The van der Waals surface area contributed by atoms with Crippen molar-refractivity contribution in [2.24, 2.45) is 0 Å². The van der Waals surface area contributed by atoms with Crippen molar-refractivity contribution in [2.75, 3.05) is 0 Å². The summed E-state index contributed by atoms with van der Waals surface area (Å²) in [6, 6.07) is 5.50. The highest BCUT2D eigenvalue weighted by atomic mass is 35.5. The lowest BCUT2D eigenvalue weighted by molar-refractivity contribution is 0.928. The SMILES string of the molecule is C=C1NC=C(Cc2c(Cl)cccc2Cl)N1. The van der Waals surface area contributed by atoms with Gasteiger partial charge in [-0.25, -0.2) is 0 Å². The molecule has 2 N–H and O–H groups in total. The van der Waals surface area contributed by atoms with Crippen LogP contribution < -0.4 is 10.6 Å². The van der Waals surface area contributed by atoms with Gasteiger partial charge in [0.2, 0.25) is 0 Å². The van der Waals surface area contributed by atoms with Crippen LogP contribution >= 0.6 is 23.2 Å². The van der Waals surface area contributed by atoms with E-state index in [1.165, 1.54) is 0 Å². The van der Waals surface area contributed by atoms with Gasteiger partial charge in [-0.05, 0) is 17.7 Å². The van der Waals surface area contributed by atoms with Crippen LogP contribution in [0.4, 0.5) is 0 Å². The Kier molecular flexibility index (Phi) is 2.89. The number of allylic oxidation sites excluding steroid dienone is 1. The summed E-state index contributed by atoms with van der Waals surface area (Å²) < 4.78 is 0. The number of hydrogen-bond acceptors (Lipinski definition) is 2. The predicted octanol–water partition coefficient (Wildman–Crippen LogP) is 3.04. The molecule has 0 aliphatic carbocycles. The first-order chi connectivity index (χ1) is 7.16. The zero-order valence-electron chi connectivity index (χ0n) is 7.98. The minimum Gasteiger partial charge on any atom is -0.347 e. The summed E-state index contributed by atoms with van der Waals surface area (Å²) in [7, 11) is 0. The average Bonchev–Trinajstić information content (AvgIpc) is 2.58. The quantitative estimate of drug-likeness (QED) is 0.831. The monoisotopic (exact) mass is 240 g/mol. The Hall–Kier alpha value is -1.12. The van der Waals surface area contributed by atoms with Crippen LogP contribution in [0.3, 0.4) is 0 Å². The minimum atomic E-state index is 0.671. The summed E-state index contributed by atoms with van der Waals surface area (Å²) in [6.07, 6.45) is 2.53. The molecule has 78 valence electrons. The number of nitrogens with one attached hydrogen (secondary N) is 2. The Morgan fingerprint density at radius 1 is 1.20 bits per heavy atom. The molecule has 1 heterocycles. The third-order valence-electron chi connectivity index (χ3n) is 2.16. The van der Waals surface area contributed by atoms with Crippen molar-refractivity contribution >= 4 is 23.2 Å². The molecule has 0 bridgehead atoms. The van der Waals surface area contributed by atoms with Gasteiger partial charge in [0.25, 0.3) is 0 Å². The Morgan fingerprint density at radius 2 is 1.87 bits per heavy atom. The molecule has 2 nitrogen and oxygen atoms in total. The molecule has 1 aliphatic rings. The lowest BCUT2D eigenvalue weighted by Crippen LogP contribution is -2.11. The van der Waals surface area contributed by atoms with E-state index in [9.17, 15) is 0 Å². The molecule has 0 saturated carbocycles. The second kappa shape index (κ2) is 4.17. The van der Waals surface area contributed by atoms with Gasteiger partial charge in [-0.15, -0.1) is 0 Å². The number of halogens is 2. The van der Waals surface area contributed by atoms with E-state index in [4.69, 9.17) is 23.2 Å². The molecule has 0 fully saturated rings. The summed E-state index contributed by atoms with van der Waals surface area (Å²) in [5, 5.41) is 7.44. The van der Waals surface area contributed by atoms with Gasteiger partial charge in [0, 0.05) is 28.4 Å². The van der Waals surface area contributed by atoms with Gasteiger partial charge < -0.3 is 10.6 Å². The molecule has 0 unspecified atom stereocenters. The van der Waals surface area contributed by atoms with Crippen LogP contribution in [-0.4, -0.2) is 0 Å². The molecular formula is C11H10Cl2N2. The van der Waals surface area contributed by atoms with Crippen LogP contribution in [0.5, 0.6) is 0 Å². The summed E-state index contributed by atoms with van der Waals surface area (Å²) in [4.78, 5) is 0. The molecule has 0 aromatic heterocycles. The lowest BCUT2D eigenvalue weighted by Gasteiger charge is -2.07. The number of hydrogen-bond donors (Lipinski definition) is 2. The molecule has 0 spiro atoms. The van der Waals surface area contributed by atoms with E-state index in [1.807, 2.05) is 24.4 Å². The summed E-state index contributed by atoms with van der Waals surface area (Å²) in [5.74, 6) is 0.771. The standard InChI is InChI=1S/C11H10Cl2N2/c1-7-14-6-8(15-7)5-9-10(12)3-2-4-11(9)13/h2-4,6,14-15H,1,5H2. The van der Waals surface area contributed by atoms with Gasteiger partial charge >= 0.3 is 0 Å². The maximum Gasteiger partial charge on any atom is 0.0995 e. The van der Waals surface area contributed by atoms with E-state index in [0.29, 0.717) is 16.5 Å². The van der Waals surface area contributed by atoms with Crippen molar-refractivity contribution in [3.8, 4) is 0 Å². The average molecular weight is 241 g/mol. The number of rotatable bonds is 2. The number of benzene rings is 1. The molecule has 1 aliphatic heterocycles. The van der Waals surface area contributed by atoms with Crippen molar-refractivity contribution in [3.05, 3.63) is 58.1 Å². The van der Waals surface area contributed by atoms with Gasteiger partial charge in [0.05, 0.1) is 5.82 Å². The normalized spacial score (nSPS) is 14.5. The van der Waals surface area contributed by atoms with Crippen molar-refractivity contribution in [1.29, 1.82) is 0 Å². The fourth-order valence-electron chi connectivity index (χ4n) is 1.43. The topological polar surface area (TPSA) is 24.1 Å². The fraction of sp³-hybridized carbons (Fsp3) is 0.0909. The van der Waals surface area contributed by atoms with Crippen molar-refractivity contribution in [3.63, 3.8) is 0 Å². The summed E-state index contributed by atoms with van der Waals surface area (Å²) in [5.41, 5.74) is 1.94. The van der Waals surface area contributed by atoms with Gasteiger partial charge in [0.15, 0.2) is 0 Å². The molecule has 1 aromatic rings. The first-order valence-corrected chi connectivity index (χ1v) is 5.27. The molecule has 0 saturated heterocycles. The van der Waals surface area contributed by atoms with Crippen LogP contribution in [0.1, 0.15) is 5.56 Å². The first kappa shape index (κ1) is 10.4. The second-order valence-electron chi connectivity index (χ2n) is 3.29. The van der Waals surface area contributed by atoms with Crippen molar-refractivity contribution < 1.29 is 0 Å². The van der Waals surface area contributed by atoms with Crippen LogP contribution in [0, 0.1) is 0 Å². The van der Waals surface area contributed by atoms with Gasteiger partial charge in [-0.2, -0.15) is 0 Å². The Bertz CT molecular complexity index is 418. The van der Waals surface area contributed by atoms with Gasteiger partial charge in [0.1, 0.15) is 0 Å². The Labute approximate surface area is 98.6 Å². The molecule has 0 amide bonds. The van der Waals surface area contributed by atoms with E-state index in [2.05, 4.69) is 17.2 Å². The van der Waals surface area contributed by atoms with E-state index in [1.54, 1.807) is 0 Å².